The number of rotatable bonds is 21. The second-order valence-corrected chi connectivity index (χ2v) is 11.6. The molecular formula is C25H54ClP. The molecule has 1 atom stereocenters. The maximum Gasteiger partial charge on any atom is -0.0238 e. The van der Waals surface area contributed by atoms with Gasteiger partial charge in [0.05, 0.1) is 0 Å². The van der Waals surface area contributed by atoms with Gasteiger partial charge < -0.3 is 0 Å². The van der Waals surface area contributed by atoms with E-state index in [9.17, 15) is 0 Å². The van der Waals surface area contributed by atoms with Gasteiger partial charge in [-0.1, -0.05) is 124 Å². The molecule has 0 saturated heterocycles. The smallest absolute Gasteiger partial charge is 0.0238 e. The summed E-state index contributed by atoms with van der Waals surface area (Å²) in [5, 5.41) is 0. The van der Waals surface area contributed by atoms with Crippen LogP contribution in [-0.2, 0) is 0 Å². The normalized spacial score (nSPS) is 12.3. The molecule has 0 radical (unpaired) electrons. The molecule has 0 nitrogen and oxygen atoms in total. The van der Waals surface area contributed by atoms with Crippen LogP contribution in [0.1, 0.15) is 143 Å². The molecule has 0 aromatic heterocycles. The molecule has 0 aliphatic heterocycles. The highest BCUT2D eigenvalue weighted by atomic mass is 35.5. The monoisotopic (exact) mass is 420 g/mol. The fourth-order valence-corrected chi connectivity index (χ4v) is 6.88. The van der Waals surface area contributed by atoms with E-state index in [1.807, 2.05) is 0 Å². The Bertz CT molecular complexity index is 241. The Balaban J connectivity index is 0. The van der Waals surface area contributed by atoms with Gasteiger partial charge in [0.25, 0.3) is 0 Å². The van der Waals surface area contributed by atoms with Crippen molar-refractivity contribution in [2.24, 2.45) is 0 Å². The third-order valence-electron chi connectivity index (χ3n) is 5.95. The fourth-order valence-electron chi connectivity index (χ4n) is 3.97. The lowest BCUT2D eigenvalue weighted by Crippen LogP contribution is -2.06. The molecule has 0 N–H and O–H groups in total. The zero-order chi connectivity index (χ0) is 19.3. The molecule has 0 aromatic carbocycles. The molecule has 0 rings (SSSR count). The first-order valence-corrected chi connectivity index (χ1v) is 14.3. The maximum absolute atomic E-state index is 2.60. The van der Waals surface area contributed by atoms with Crippen molar-refractivity contribution in [2.45, 2.75) is 149 Å². The molecule has 0 spiro atoms. The summed E-state index contributed by atoms with van der Waals surface area (Å²) in [6, 6.07) is 0. The zero-order valence-corrected chi connectivity index (χ0v) is 21.3. The van der Waals surface area contributed by atoms with Crippen molar-refractivity contribution in [3.05, 3.63) is 0 Å². The van der Waals surface area contributed by atoms with Crippen molar-refractivity contribution in [1.29, 1.82) is 0 Å². The summed E-state index contributed by atoms with van der Waals surface area (Å²) in [5.41, 5.74) is 1.03. The maximum atomic E-state index is 2.60. The minimum Gasteiger partial charge on any atom is -0.147 e. The highest BCUT2D eigenvalue weighted by molar-refractivity contribution is 7.58. The first kappa shape index (κ1) is 29.9. The quantitative estimate of drug-likeness (QED) is 0.128. The lowest BCUT2D eigenvalue weighted by molar-refractivity contribution is 0.600. The minimum atomic E-state index is 0. The van der Waals surface area contributed by atoms with Gasteiger partial charge in [0.2, 0.25) is 0 Å². The minimum absolute atomic E-state index is 0. The molecular weight excluding hydrogens is 367 g/mol. The Hall–Kier alpha value is 0.720. The van der Waals surface area contributed by atoms with Crippen LogP contribution in [0.2, 0.25) is 0 Å². The number of hydrogen-bond donors (Lipinski definition) is 0. The average molecular weight is 421 g/mol. The van der Waals surface area contributed by atoms with E-state index in [0.717, 1.165) is 5.66 Å². The largest absolute Gasteiger partial charge is 0.147 e. The Morgan fingerprint density at radius 1 is 0.481 bits per heavy atom. The number of halogens is 1. The Labute approximate surface area is 181 Å². The van der Waals surface area contributed by atoms with Crippen LogP contribution in [0.5, 0.6) is 0 Å². The van der Waals surface area contributed by atoms with E-state index in [1.54, 1.807) is 12.3 Å². The summed E-state index contributed by atoms with van der Waals surface area (Å²) in [6.45, 7) is 9.56. The second kappa shape index (κ2) is 24.8. The highest BCUT2D eigenvalue weighted by Gasteiger charge is 2.15. The van der Waals surface area contributed by atoms with Gasteiger partial charge >= 0.3 is 0 Å². The molecule has 1 unspecified atom stereocenters. The van der Waals surface area contributed by atoms with Gasteiger partial charge in [-0.3, -0.25) is 0 Å². The van der Waals surface area contributed by atoms with E-state index < -0.39 is 0 Å². The van der Waals surface area contributed by atoms with Gasteiger partial charge in [-0.2, -0.15) is 0 Å². The molecule has 27 heavy (non-hydrogen) atoms. The van der Waals surface area contributed by atoms with Crippen molar-refractivity contribution in [2.75, 3.05) is 12.3 Å². The van der Waals surface area contributed by atoms with Crippen LogP contribution in [0.4, 0.5) is 0 Å². The summed E-state index contributed by atoms with van der Waals surface area (Å²) < 4.78 is 0. The van der Waals surface area contributed by atoms with Gasteiger partial charge in [-0.25, -0.2) is 0 Å². The summed E-state index contributed by atoms with van der Waals surface area (Å²) in [7, 11) is 0.305. The van der Waals surface area contributed by atoms with E-state index >= 15 is 0 Å². The SMILES string of the molecule is CCCCCCCCP(CCCCCCCC)C(C)CCCCCCC.Cl. The highest BCUT2D eigenvalue weighted by Crippen LogP contribution is 2.45. The van der Waals surface area contributed by atoms with Crippen LogP contribution in [0, 0.1) is 0 Å². The molecule has 0 aromatic rings. The molecule has 2 heteroatoms. The summed E-state index contributed by atoms with van der Waals surface area (Å²) in [5.74, 6) is 0. The molecule has 0 amide bonds. The summed E-state index contributed by atoms with van der Waals surface area (Å²) in [4.78, 5) is 0. The molecule has 0 saturated carbocycles. The lowest BCUT2D eigenvalue weighted by Gasteiger charge is -2.25. The summed E-state index contributed by atoms with van der Waals surface area (Å²) >= 11 is 0. The number of hydrogen-bond acceptors (Lipinski definition) is 0. The van der Waals surface area contributed by atoms with Crippen LogP contribution in [-0.4, -0.2) is 18.0 Å². The number of unbranched alkanes of at least 4 members (excludes halogenated alkanes) is 14. The van der Waals surface area contributed by atoms with E-state index in [0.29, 0.717) is 7.92 Å². The van der Waals surface area contributed by atoms with Crippen LogP contribution in [0.15, 0.2) is 0 Å². The molecule has 0 heterocycles. The van der Waals surface area contributed by atoms with Gasteiger partial charge in [0.1, 0.15) is 0 Å². The van der Waals surface area contributed by atoms with E-state index in [2.05, 4.69) is 27.7 Å². The van der Waals surface area contributed by atoms with E-state index in [1.165, 1.54) is 116 Å². The first-order valence-electron chi connectivity index (χ1n) is 12.5. The van der Waals surface area contributed by atoms with Crippen LogP contribution in [0.3, 0.4) is 0 Å². The predicted molar refractivity (Wildman–Crippen MR) is 133 cm³/mol. The average Bonchev–Trinajstić information content (AvgIpc) is 2.65. The molecule has 0 aliphatic carbocycles. The van der Waals surface area contributed by atoms with Crippen molar-refractivity contribution < 1.29 is 0 Å². The Morgan fingerprint density at radius 2 is 0.815 bits per heavy atom. The van der Waals surface area contributed by atoms with Crippen molar-refractivity contribution >= 4 is 20.3 Å². The van der Waals surface area contributed by atoms with Gasteiger partial charge in [0, 0.05) is 0 Å². The topological polar surface area (TPSA) is 0 Å². The predicted octanol–water partition coefficient (Wildman–Crippen LogP) is 10.4. The summed E-state index contributed by atoms with van der Waals surface area (Å²) in [6.07, 6.45) is 29.5. The lowest BCUT2D eigenvalue weighted by atomic mass is 10.1. The molecule has 0 bridgehead atoms. The molecule has 0 aliphatic rings. The Morgan fingerprint density at radius 3 is 1.22 bits per heavy atom. The molecule has 0 fully saturated rings. The first-order chi connectivity index (χ1) is 12.8. The van der Waals surface area contributed by atoms with Gasteiger partial charge in [-0.15, -0.1) is 20.3 Å². The standard InChI is InChI=1S/C25H53P.ClH/c1-5-8-11-14-17-20-23-26(24-21-18-15-12-9-6-2)25(4)22-19-16-13-10-7-3;/h25H,5-24H2,1-4H3;1H. The fraction of sp³-hybridized carbons (Fsp3) is 1.00. The zero-order valence-electron chi connectivity index (χ0n) is 19.6. The van der Waals surface area contributed by atoms with Crippen LogP contribution < -0.4 is 0 Å². The van der Waals surface area contributed by atoms with Crippen LogP contribution in [0.25, 0.3) is 0 Å². The third kappa shape index (κ3) is 21.2. The van der Waals surface area contributed by atoms with Gasteiger partial charge in [-0.05, 0) is 37.2 Å². The van der Waals surface area contributed by atoms with Crippen molar-refractivity contribution in [3.63, 3.8) is 0 Å². The Kier molecular flexibility index (Phi) is 27.4. The van der Waals surface area contributed by atoms with Crippen LogP contribution >= 0.6 is 20.3 Å². The third-order valence-corrected chi connectivity index (χ3v) is 9.23. The van der Waals surface area contributed by atoms with Crippen molar-refractivity contribution in [1.82, 2.24) is 0 Å². The van der Waals surface area contributed by atoms with Gasteiger partial charge in [0.15, 0.2) is 0 Å². The van der Waals surface area contributed by atoms with E-state index in [-0.39, 0.29) is 12.4 Å². The van der Waals surface area contributed by atoms with E-state index in [4.69, 9.17) is 0 Å². The molecule has 166 valence electrons. The van der Waals surface area contributed by atoms with Crippen molar-refractivity contribution in [3.8, 4) is 0 Å². The second-order valence-electron chi connectivity index (χ2n) is 8.62.